The van der Waals surface area contributed by atoms with E-state index in [0.29, 0.717) is 25.5 Å². The molecule has 0 radical (unpaired) electrons. The molecule has 0 bridgehead atoms. The second-order valence-electron chi connectivity index (χ2n) is 11.0. The average molecular weight is 523 g/mol. The lowest BCUT2D eigenvalue weighted by Crippen LogP contribution is -2.35. The number of aromatic nitrogens is 2. The van der Waals surface area contributed by atoms with Gasteiger partial charge in [0.15, 0.2) is 5.79 Å². The van der Waals surface area contributed by atoms with Gasteiger partial charge in [-0.2, -0.15) is 0 Å². The van der Waals surface area contributed by atoms with Crippen LogP contribution in [0.5, 0.6) is 0 Å². The van der Waals surface area contributed by atoms with E-state index in [0.717, 1.165) is 42.9 Å². The van der Waals surface area contributed by atoms with Crippen LogP contribution >= 0.6 is 0 Å². The monoisotopic (exact) mass is 522 g/mol. The largest absolute Gasteiger partial charge is 0.361 e. The van der Waals surface area contributed by atoms with Crippen LogP contribution in [0.4, 0.5) is 11.5 Å². The second-order valence-corrected chi connectivity index (χ2v) is 16.7. The van der Waals surface area contributed by atoms with Crippen molar-refractivity contribution in [1.82, 2.24) is 9.55 Å². The van der Waals surface area contributed by atoms with Crippen LogP contribution in [-0.2, 0) is 26.7 Å². The Kier molecular flexibility index (Phi) is 8.65. The third-order valence-electron chi connectivity index (χ3n) is 6.78. The first kappa shape index (κ1) is 27.3. The smallest absolute Gasteiger partial charge is 0.316 e. The van der Waals surface area contributed by atoms with Crippen molar-refractivity contribution in [2.75, 3.05) is 25.1 Å². The van der Waals surface area contributed by atoms with Gasteiger partial charge in [0, 0.05) is 37.7 Å². The normalized spacial score (nSPS) is 17.6. The third kappa shape index (κ3) is 6.96. The molecular weight excluding hydrogens is 484 g/mol. The topological polar surface area (TPSA) is 79.0 Å². The highest BCUT2D eigenvalue weighted by Gasteiger charge is 2.32. The first-order valence-electron chi connectivity index (χ1n) is 13.1. The van der Waals surface area contributed by atoms with E-state index in [1.54, 1.807) is 10.8 Å². The molecule has 2 aromatic rings. The number of allylic oxidation sites excluding steroid dienone is 2. The highest BCUT2D eigenvalue weighted by molar-refractivity contribution is 6.76. The lowest BCUT2D eigenvalue weighted by molar-refractivity contribution is -0.264. The number of amides is 1. The summed E-state index contributed by atoms with van der Waals surface area (Å²) in [5, 5.41) is 3.06. The minimum atomic E-state index is -1.23. The van der Waals surface area contributed by atoms with Crippen molar-refractivity contribution in [3.63, 3.8) is 0 Å². The number of carbonyl (C=O) groups excluding carboxylic acids is 1. The van der Waals surface area contributed by atoms with Gasteiger partial charge in [-0.15, -0.1) is 0 Å². The minimum absolute atomic E-state index is 0.164. The van der Waals surface area contributed by atoms with Gasteiger partial charge in [0.25, 0.3) is 11.6 Å². The van der Waals surface area contributed by atoms with Crippen molar-refractivity contribution >= 4 is 31.1 Å². The van der Waals surface area contributed by atoms with Gasteiger partial charge in [0.1, 0.15) is 6.73 Å². The molecule has 1 saturated heterocycles. The maximum absolute atomic E-state index is 13.4. The first-order valence-corrected chi connectivity index (χ1v) is 16.8. The van der Waals surface area contributed by atoms with Gasteiger partial charge < -0.3 is 24.4 Å². The van der Waals surface area contributed by atoms with E-state index in [1.807, 2.05) is 19.1 Å². The lowest BCUT2D eigenvalue weighted by Gasteiger charge is -2.35. The number of imidazole rings is 1. The summed E-state index contributed by atoms with van der Waals surface area (Å²) in [5.41, 5.74) is 3.82. The molecule has 0 unspecified atom stereocenters. The quantitative estimate of drug-likeness (QED) is 0.229. The van der Waals surface area contributed by atoms with E-state index < -0.39 is 13.9 Å². The fraction of sp³-hybridized carbons (Fsp3) is 0.536. The standard InChI is InChI=1S/C28H38N4O4Si/c1-28(35-14-9-15-36-28)22-12-13-24(23(18-22)21-10-7-6-8-11-21)30-27(33)26-31-25(29-2)19-32(26)20-34-16-17-37(3,4)5/h10,12-13,18-19H,6-9,11,14-17,20H2,1,3-5H3,(H,30,33). The SMILES string of the molecule is [C-]#[N+]c1cn(COCC[Si](C)(C)C)c(C(=O)Nc2ccc(C3(C)OCCCO3)cc2C2=CCCCC2)n1. The summed E-state index contributed by atoms with van der Waals surface area (Å²) in [5.74, 6) is -0.842. The van der Waals surface area contributed by atoms with Gasteiger partial charge in [0.2, 0.25) is 0 Å². The van der Waals surface area contributed by atoms with Crippen LogP contribution in [0.1, 0.15) is 60.8 Å². The van der Waals surface area contributed by atoms with Crippen LogP contribution in [0, 0.1) is 6.57 Å². The Hall–Kier alpha value is -2.77. The van der Waals surface area contributed by atoms with Crippen molar-refractivity contribution in [2.45, 2.75) is 77.2 Å². The van der Waals surface area contributed by atoms with Crippen LogP contribution in [0.25, 0.3) is 10.4 Å². The minimum Gasteiger partial charge on any atom is -0.361 e. The second kappa shape index (κ2) is 11.7. The Bertz CT molecular complexity index is 1190. The molecule has 1 aromatic heterocycles. The Morgan fingerprint density at radius 1 is 1.24 bits per heavy atom. The highest BCUT2D eigenvalue weighted by atomic mass is 28.3. The van der Waals surface area contributed by atoms with Crippen LogP contribution < -0.4 is 5.32 Å². The van der Waals surface area contributed by atoms with Crippen molar-refractivity contribution in [3.05, 3.63) is 58.8 Å². The Labute approximate surface area is 220 Å². The molecule has 1 aliphatic carbocycles. The molecule has 8 nitrogen and oxygen atoms in total. The van der Waals surface area contributed by atoms with E-state index in [2.05, 4.69) is 46.9 Å². The summed E-state index contributed by atoms with van der Waals surface area (Å²) in [6.45, 7) is 18.3. The molecule has 0 spiro atoms. The van der Waals surface area contributed by atoms with E-state index in [4.69, 9.17) is 20.8 Å². The number of nitrogens with one attached hydrogen (secondary N) is 1. The zero-order valence-electron chi connectivity index (χ0n) is 22.4. The number of anilines is 1. The molecule has 1 N–H and O–H groups in total. The summed E-state index contributed by atoms with van der Waals surface area (Å²) in [4.78, 5) is 21.1. The van der Waals surface area contributed by atoms with Crippen LogP contribution in [0.15, 0.2) is 30.5 Å². The molecule has 1 fully saturated rings. The molecule has 9 heteroatoms. The van der Waals surface area contributed by atoms with Gasteiger partial charge in [-0.05, 0) is 62.8 Å². The molecule has 198 valence electrons. The fourth-order valence-corrected chi connectivity index (χ4v) is 5.30. The highest BCUT2D eigenvalue weighted by Crippen LogP contribution is 2.37. The van der Waals surface area contributed by atoms with Gasteiger partial charge in [-0.3, -0.25) is 9.36 Å². The summed E-state index contributed by atoms with van der Waals surface area (Å²) < 4.78 is 19.5. The molecule has 0 atom stereocenters. The van der Waals surface area contributed by atoms with Crippen molar-refractivity contribution < 1.29 is 19.0 Å². The number of hydrogen-bond donors (Lipinski definition) is 1. The third-order valence-corrected chi connectivity index (χ3v) is 8.49. The van der Waals surface area contributed by atoms with E-state index in [-0.39, 0.29) is 24.3 Å². The predicted octanol–water partition coefficient (Wildman–Crippen LogP) is 6.57. The Balaban J connectivity index is 1.59. The average Bonchev–Trinajstić information content (AvgIpc) is 3.31. The summed E-state index contributed by atoms with van der Waals surface area (Å²) >= 11 is 0. The van der Waals surface area contributed by atoms with E-state index in [1.165, 1.54) is 12.0 Å². The summed E-state index contributed by atoms with van der Waals surface area (Å²) in [6.07, 6.45) is 8.96. The maximum Gasteiger partial charge on any atom is 0.316 e. The van der Waals surface area contributed by atoms with Crippen LogP contribution in [0.2, 0.25) is 25.7 Å². The van der Waals surface area contributed by atoms with Crippen molar-refractivity contribution in [1.29, 1.82) is 0 Å². The van der Waals surface area contributed by atoms with Gasteiger partial charge in [0.05, 0.1) is 13.2 Å². The Morgan fingerprint density at radius 3 is 2.70 bits per heavy atom. The number of rotatable bonds is 9. The zero-order valence-corrected chi connectivity index (χ0v) is 23.4. The van der Waals surface area contributed by atoms with Crippen LogP contribution in [0.3, 0.4) is 0 Å². The van der Waals surface area contributed by atoms with Crippen LogP contribution in [-0.4, -0.2) is 43.4 Å². The van der Waals surface area contributed by atoms with Crippen molar-refractivity contribution in [2.24, 2.45) is 0 Å². The summed E-state index contributed by atoms with van der Waals surface area (Å²) in [6, 6.07) is 6.97. The number of benzene rings is 1. The van der Waals surface area contributed by atoms with Gasteiger partial charge in [-0.25, -0.2) is 0 Å². The van der Waals surface area contributed by atoms with Gasteiger partial charge in [-0.1, -0.05) is 43.3 Å². The predicted molar refractivity (Wildman–Crippen MR) is 147 cm³/mol. The van der Waals surface area contributed by atoms with Crippen molar-refractivity contribution in [3.8, 4) is 0 Å². The Morgan fingerprint density at radius 2 is 2.03 bits per heavy atom. The zero-order chi connectivity index (χ0) is 26.5. The summed E-state index contributed by atoms with van der Waals surface area (Å²) in [7, 11) is -1.23. The molecule has 37 heavy (non-hydrogen) atoms. The molecular formula is C28H38N4O4Si. The van der Waals surface area contributed by atoms with E-state index >= 15 is 0 Å². The number of carbonyl (C=O) groups is 1. The molecule has 2 heterocycles. The number of hydrogen-bond acceptors (Lipinski definition) is 5. The van der Waals surface area contributed by atoms with Gasteiger partial charge >= 0.3 is 5.91 Å². The number of nitrogens with zero attached hydrogens (tertiary/aromatic N) is 3. The lowest BCUT2D eigenvalue weighted by atomic mass is 9.90. The maximum atomic E-state index is 13.4. The molecule has 1 aliphatic heterocycles. The molecule has 1 aromatic carbocycles. The molecule has 4 rings (SSSR count). The molecule has 2 aliphatic rings. The fourth-order valence-electron chi connectivity index (χ4n) is 4.54. The molecule has 0 saturated carbocycles. The molecule has 1 amide bonds. The first-order chi connectivity index (χ1) is 17.7. The van der Waals surface area contributed by atoms with E-state index in [9.17, 15) is 4.79 Å². The number of ether oxygens (including phenoxy) is 3.